The maximum Gasteiger partial charge on any atom is 0.269 e. The summed E-state index contributed by atoms with van der Waals surface area (Å²) in [5, 5.41) is 10.9. The number of carbonyl (C=O) groups is 2. The zero-order chi connectivity index (χ0) is 19.8. The molecule has 2 aromatic carbocycles. The van der Waals surface area contributed by atoms with Gasteiger partial charge in [-0.1, -0.05) is 13.3 Å². The fraction of sp³-hybridized carbons (Fsp3) is 0.211. The predicted octanol–water partition coefficient (Wildman–Crippen LogP) is 1.92. The van der Waals surface area contributed by atoms with Crippen LogP contribution >= 0.6 is 0 Å². The Balaban J connectivity index is 1.51. The molecule has 3 aromatic rings. The maximum atomic E-state index is 12.2. The Kier molecular flexibility index (Phi) is 6.29. The van der Waals surface area contributed by atoms with Gasteiger partial charge in [-0.05, 0) is 65.4 Å². The van der Waals surface area contributed by atoms with Crippen LogP contribution in [0.1, 0.15) is 40.5 Å². The summed E-state index contributed by atoms with van der Waals surface area (Å²) in [4.78, 5) is 24.4. The summed E-state index contributed by atoms with van der Waals surface area (Å²) in [6.45, 7) is 2.73. The fourth-order valence-electron chi connectivity index (χ4n) is 2.34. The summed E-state index contributed by atoms with van der Waals surface area (Å²) in [5.41, 5.74) is 6.30. The quantitative estimate of drug-likeness (QED) is 0.478. The van der Waals surface area contributed by atoms with Crippen LogP contribution in [0.5, 0.6) is 5.75 Å². The number of nitrogens with one attached hydrogen (secondary N) is 2. The lowest BCUT2D eigenvalue weighted by Crippen LogP contribution is -2.41. The molecule has 0 saturated heterocycles. The van der Waals surface area contributed by atoms with Crippen molar-refractivity contribution in [3.63, 3.8) is 0 Å². The van der Waals surface area contributed by atoms with Crippen LogP contribution in [0.15, 0.2) is 54.9 Å². The third kappa shape index (κ3) is 4.91. The fourth-order valence-corrected chi connectivity index (χ4v) is 2.34. The van der Waals surface area contributed by atoms with Crippen molar-refractivity contribution in [1.82, 2.24) is 31.1 Å². The van der Waals surface area contributed by atoms with Crippen molar-refractivity contribution < 1.29 is 14.3 Å². The number of hydrazine groups is 1. The van der Waals surface area contributed by atoms with Gasteiger partial charge in [0.15, 0.2) is 0 Å². The van der Waals surface area contributed by atoms with Crippen molar-refractivity contribution in [2.24, 2.45) is 0 Å². The van der Waals surface area contributed by atoms with Gasteiger partial charge < -0.3 is 4.74 Å². The average molecular weight is 380 g/mol. The van der Waals surface area contributed by atoms with Crippen LogP contribution in [0.2, 0.25) is 0 Å². The number of carbonyl (C=O) groups excluding carboxylic acids is 2. The van der Waals surface area contributed by atoms with Gasteiger partial charge in [-0.2, -0.15) is 0 Å². The van der Waals surface area contributed by atoms with E-state index in [0.717, 1.165) is 12.8 Å². The standard InChI is InChI=1S/C19H20N6O3/c1-2-3-12-28-17-10-6-15(7-11-17)19(27)22-21-18(26)14-4-8-16(9-5-14)25-13-20-23-24-25/h4-11,13H,2-3,12H2,1H3,(H,21,26)(H,22,27). The van der Waals surface area contributed by atoms with Gasteiger partial charge >= 0.3 is 0 Å². The van der Waals surface area contributed by atoms with Crippen LogP contribution in [0, 0.1) is 0 Å². The van der Waals surface area contributed by atoms with Crippen LogP contribution in [0.4, 0.5) is 0 Å². The smallest absolute Gasteiger partial charge is 0.269 e. The van der Waals surface area contributed by atoms with Crippen LogP contribution < -0.4 is 15.6 Å². The van der Waals surface area contributed by atoms with Crippen molar-refractivity contribution in [3.05, 3.63) is 66.0 Å². The molecular weight excluding hydrogens is 360 g/mol. The number of ether oxygens (including phenoxy) is 1. The minimum Gasteiger partial charge on any atom is -0.494 e. The molecule has 144 valence electrons. The number of hydrogen-bond donors (Lipinski definition) is 2. The second-order valence-electron chi connectivity index (χ2n) is 5.94. The topological polar surface area (TPSA) is 111 Å². The monoisotopic (exact) mass is 380 g/mol. The molecule has 2 N–H and O–H groups in total. The van der Waals surface area contributed by atoms with E-state index in [1.54, 1.807) is 48.5 Å². The zero-order valence-electron chi connectivity index (χ0n) is 15.3. The van der Waals surface area contributed by atoms with Gasteiger partial charge in [0.25, 0.3) is 11.8 Å². The number of rotatable bonds is 7. The minimum absolute atomic E-state index is 0.386. The largest absolute Gasteiger partial charge is 0.494 e. The third-order valence-corrected chi connectivity index (χ3v) is 3.92. The normalized spacial score (nSPS) is 10.3. The molecule has 0 fully saturated rings. The van der Waals surface area contributed by atoms with Crippen molar-refractivity contribution in [2.75, 3.05) is 6.61 Å². The molecule has 0 radical (unpaired) electrons. The molecule has 0 unspecified atom stereocenters. The van der Waals surface area contributed by atoms with E-state index in [1.165, 1.54) is 11.0 Å². The van der Waals surface area contributed by atoms with E-state index in [4.69, 9.17) is 4.74 Å². The highest BCUT2D eigenvalue weighted by molar-refractivity contribution is 5.99. The third-order valence-electron chi connectivity index (χ3n) is 3.92. The van der Waals surface area contributed by atoms with Crippen LogP contribution in [0.25, 0.3) is 5.69 Å². The average Bonchev–Trinajstić information content (AvgIpc) is 3.27. The van der Waals surface area contributed by atoms with Gasteiger partial charge in [0, 0.05) is 11.1 Å². The van der Waals surface area contributed by atoms with Gasteiger partial charge in [0.2, 0.25) is 0 Å². The van der Waals surface area contributed by atoms with Crippen LogP contribution in [-0.2, 0) is 0 Å². The van der Waals surface area contributed by atoms with Crippen molar-refractivity contribution in [2.45, 2.75) is 19.8 Å². The Morgan fingerprint density at radius 2 is 1.57 bits per heavy atom. The summed E-state index contributed by atoms with van der Waals surface area (Å²) in [6.07, 6.45) is 3.49. The number of hydrogen-bond acceptors (Lipinski definition) is 6. The molecular formula is C19H20N6O3. The lowest BCUT2D eigenvalue weighted by atomic mass is 10.2. The summed E-state index contributed by atoms with van der Waals surface area (Å²) in [5.74, 6) is -0.147. The van der Waals surface area contributed by atoms with E-state index >= 15 is 0 Å². The Labute approximate surface area is 161 Å². The molecule has 0 aliphatic heterocycles. The first-order chi connectivity index (χ1) is 13.7. The molecule has 1 heterocycles. The Hall–Kier alpha value is -3.75. The van der Waals surface area contributed by atoms with Crippen LogP contribution in [-0.4, -0.2) is 38.6 Å². The molecule has 9 nitrogen and oxygen atoms in total. The number of aromatic nitrogens is 4. The zero-order valence-corrected chi connectivity index (χ0v) is 15.3. The van der Waals surface area contributed by atoms with Gasteiger partial charge in [0.05, 0.1) is 12.3 Å². The lowest BCUT2D eigenvalue weighted by Gasteiger charge is -2.09. The second kappa shape index (κ2) is 9.26. The highest BCUT2D eigenvalue weighted by Gasteiger charge is 2.10. The second-order valence-corrected chi connectivity index (χ2v) is 5.94. The molecule has 0 spiro atoms. The first kappa shape index (κ1) is 19.0. The molecule has 2 amide bonds. The van der Waals surface area contributed by atoms with E-state index in [-0.39, 0.29) is 0 Å². The first-order valence-electron chi connectivity index (χ1n) is 8.84. The lowest BCUT2D eigenvalue weighted by molar-refractivity contribution is 0.0846. The number of amides is 2. The molecule has 0 aliphatic rings. The number of tetrazole rings is 1. The minimum atomic E-state index is -0.434. The SMILES string of the molecule is CCCCOc1ccc(C(=O)NNC(=O)c2ccc(-n3cnnn3)cc2)cc1. The summed E-state index contributed by atoms with van der Waals surface area (Å²) in [7, 11) is 0. The highest BCUT2D eigenvalue weighted by Crippen LogP contribution is 2.12. The van der Waals surface area contributed by atoms with Crippen LogP contribution in [0.3, 0.4) is 0 Å². The van der Waals surface area contributed by atoms with Gasteiger partial charge in [0.1, 0.15) is 12.1 Å². The molecule has 0 aliphatic carbocycles. The number of nitrogens with zero attached hydrogens (tertiary/aromatic N) is 4. The first-order valence-corrected chi connectivity index (χ1v) is 8.84. The molecule has 28 heavy (non-hydrogen) atoms. The summed E-state index contributed by atoms with van der Waals surface area (Å²) in [6, 6.07) is 13.4. The van der Waals surface area contributed by atoms with E-state index < -0.39 is 11.8 Å². The highest BCUT2D eigenvalue weighted by atomic mass is 16.5. The maximum absolute atomic E-state index is 12.2. The molecule has 0 bridgehead atoms. The molecule has 0 atom stereocenters. The van der Waals surface area contributed by atoms with Crippen molar-refractivity contribution >= 4 is 11.8 Å². The summed E-state index contributed by atoms with van der Waals surface area (Å²) >= 11 is 0. The van der Waals surface area contributed by atoms with E-state index in [9.17, 15) is 9.59 Å². The van der Waals surface area contributed by atoms with E-state index in [2.05, 4.69) is 33.3 Å². The van der Waals surface area contributed by atoms with Gasteiger partial charge in [-0.3, -0.25) is 20.4 Å². The Morgan fingerprint density at radius 3 is 2.11 bits per heavy atom. The molecule has 1 aromatic heterocycles. The number of benzene rings is 2. The Morgan fingerprint density at radius 1 is 0.964 bits per heavy atom. The Bertz CT molecular complexity index is 908. The molecule has 0 saturated carbocycles. The van der Waals surface area contributed by atoms with Crippen molar-refractivity contribution in [3.8, 4) is 11.4 Å². The van der Waals surface area contributed by atoms with Gasteiger partial charge in [-0.15, -0.1) is 5.10 Å². The van der Waals surface area contributed by atoms with E-state index in [0.29, 0.717) is 29.2 Å². The molecule has 3 rings (SSSR count). The van der Waals surface area contributed by atoms with Gasteiger partial charge in [-0.25, -0.2) is 4.68 Å². The van der Waals surface area contributed by atoms with Crippen molar-refractivity contribution in [1.29, 1.82) is 0 Å². The van der Waals surface area contributed by atoms with E-state index in [1.807, 2.05) is 0 Å². The molecule has 9 heteroatoms. The summed E-state index contributed by atoms with van der Waals surface area (Å²) < 4.78 is 7.03. The predicted molar refractivity (Wildman–Crippen MR) is 101 cm³/mol. The number of unbranched alkanes of at least 4 members (excludes halogenated alkanes) is 1.